The van der Waals surface area contributed by atoms with E-state index in [1.807, 2.05) is 0 Å². The summed E-state index contributed by atoms with van der Waals surface area (Å²) in [5, 5.41) is 2.45. The fraction of sp³-hybridized carbons (Fsp3) is 0.0500. The number of allylic oxidation sites excluding steroid dienone is 1. The number of hydrogen-bond donors (Lipinski definition) is 1. The van der Waals surface area contributed by atoms with E-state index in [-0.39, 0.29) is 29.3 Å². The summed E-state index contributed by atoms with van der Waals surface area (Å²) in [5.41, 5.74) is 0.769. The summed E-state index contributed by atoms with van der Waals surface area (Å²) >= 11 is 0. The molecule has 0 atom stereocenters. The number of ketones is 1. The first kappa shape index (κ1) is 22.2. The van der Waals surface area contributed by atoms with Crippen LogP contribution in [0.3, 0.4) is 0 Å². The summed E-state index contributed by atoms with van der Waals surface area (Å²) in [6, 6.07) is 7.99. The number of anilines is 1. The molecule has 31 heavy (non-hydrogen) atoms. The molecule has 0 radical (unpaired) electrons. The molecule has 0 spiro atoms. The van der Waals surface area contributed by atoms with Gasteiger partial charge >= 0.3 is 10.2 Å². The van der Waals surface area contributed by atoms with Crippen molar-refractivity contribution < 1.29 is 29.0 Å². The van der Waals surface area contributed by atoms with Crippen molar-refractivity contribution in [3.05, 3.63) is 84.0 Å². The topological polar surface area (TPSA) is 64.0 Å². The highest BCUT2D eigenvalue weighted by atomic mass is 32.5. The van der Waals surface area contributed by atoms with Gasteiger partial charge in [0.05, 0.1) is 0 Å². The average Bonchev–Trinajstić information content (AvgIpc) is 3.11. The highest BCUT2D eigenvalue weighted by molar-refractivity contribution is 8.45. The van der Waals surface area contributed by atoms with Gasteiger partial charge in [0.15, 0.2) is 5.82 Å². The predicted molar refractivity (Wildman–Crippen MR) is 109 cm³/mol. The van der Waals surface area contributed by atoms with Crippen LogP contribution in [0.15, 0.2) is 71.9 Å². The second kappa shape index (κ2) is 7.05. The Labute approximate surface area is 173 Å². The van der Waals surface area contributed by atoms with Crippen LogP contribution in [-0.2, 0) is 7.05 Å². The van der Waals surface area contributed by atoms with Gasteiger partial charge < -0.3 is 9.88 Å². The van der Waals surface area contributed by atoms with Crippen LogP contribution in [0.4, 0.5) is 25.1 Å². The summed E-state index contributed by atoms with van der Waals surface area (Å²) in [7, 11) is -8.09. The Morgan fingerprint density at radius 3 is 2.10 bits per heavy atom. The van der Waals surface area contributed by atoms with E-state index in [0.29, 0.717) is 23.4 Å². The van der Waals surface area contributed by atoms with Crippen molar-refractivity contribution >= 4 is 33.7 Å². The number of benzene rings is 2. The van der Waals surface area contributed by atoms with Gasteiger partial charge in [0.2, 0.25) is 5.78 Å². The van der Waals surface area contributed by atoms with Crippen LogP contribution in [0.25, 0.3) is 6.08 Å². The van der Waals surface area contributed by atoms with E-state index >= 15 is 0 Å². The minimum atomic E-state index is -9.78. The van der Waals surface area contributed by atoms with Crippen molar-refractivity contribution in [1.29, 1.82) is 0 Å². The van der Waals surface area contributed by atoms with Crippen molar-refractivity contribution in [2.75, 3.05) is 5.32 Å². The van der Waals surface area contributed by atoms with E-state index in [4.69, 9.17) is 0 Å². The van der Waals surface area contributed by atoms with E-state index < -0.39 is 21.0 Å². The fourth-order valence-corrected chi connectivity index (χ4v) is 3.24. The normalized spacial score (nSPS) is 14.1. The van der Waals surface area contributed by atoms with Gasteiger partial charge in [0.1, 0.15) is 4.90 Å². The van der Waals surface area contributed by atoms with Gasteiger partial charge in [-0.15, -0.1) is 0 Å². The van der Waals surface area contributed by atoms with Gasteiger partial charge in [-0.25, -0.2) is 4.98 Å². The number of hydrogen-bond acceptors (Lipinski definition) is 3. The molecule has 1 aromatic heterocycles. The quantitative estimate of drug-likeness (QED) is 0.271. The Hall–Kier alpha value is -3.47. The number of nitrogens with one attached hydrogen (secondary N) is 1. The van der Waals surface area contributed by atoms with Crippen LogP contribution in [0.5, 0.6) is 0 Å². The molecule has 0 aliphatic carbocycles. The molecule has 11 heteroatoms. The lowest BCUT2D eigenvalue weighted by Crippen LogP contribution is -2.12. The molecule has 0 unspecified atom stereocenters. The lowest BCUT2D eigenvalue weighted by Gasteiger charge is -2.40. The lowest BCUT2D eigenvalue weighted by molar-refractivity contribution is 0.102. The van der Waals surface area contributed by atoms with E-state index in [0.717, 1.165) is 0 Å². The lowest BCUT2D eigenvalue weighted by atomic mass is 10.1. The standard InChI is InChI=1S/C20H16F5N3O2S/c1-28-13-12-26-19(28)18(29)11-4-14-2-7-16(8-3-14)27-20(30)15-5-9-17(10-6-15)31(21,22,23,24)25/h2-13H,1H3,(H,27,30)/b11-4+. The van der Waals surface area contributed by atoms with Crippen molar-refractivity contribution in [3.8, 4) is 0 Å². The van der Waals surface area contributed by atoms with Crippen molar-refractivity contribution in [3.63, 3.8) is 0 Å². The summed E-state index contributed by atoms with van der Waals surface area (Å²) in [6.45, 7) is 0. The van der Waals surface area contributed by atoms with Crippen LogP contribution in [-0.4, -0.2) is 21.2 Å². The number of rotatable bonds is 6. The molecule has 1 heterocycles. The number of aromatic nitrogens is 2. The van der Waals surface area contributed by atoms with Crippen LogP contribution in [0.1, 0.15) is 26.5 Å². The molecule has 0 saturated carbocycles. The number of carbonyl (C=O) groups excluding carboxylic acids is 2. The molecular formula is C20H16F5N3O2S. The minimum Gasteiger partial charge on any atom is -0.331 e. The fourth-order valence-electron chi connectivity index (χ4n) is 2.59. The van der Waals surface area contributed by atoms with Crippen LogP contribution in [0.2, 0.25) is 0 Å². The molecule has 1 amide bonds. The van der Waals surface area contributed by atoms with Gasteiger partial charge in [-0.2, -0.15) is 0 Å². The number of amides is 1. The maximum absolute atomic E-state index is 12.7. The summed E-state index contributed by atoms with van der Waals surface area (Å²) in [5.74, 6) is -0.779. The molecule has 0 saturated heterocycles. The molecule has 0 aliphatic heterocycles. The molecule has 5 nitrogen and oxygen atoms in total. The molecule has 0 bridgehead atoms. The average molecular weight is 457 g/mol. The maximum Gasteiger partial charge on any atom is 0.310 e. The number of imidazole rings is 1. The van der Waals surface area contributed by atoms with E-state index in [1.165, 1.54) is 24.4 Å². The summed E-state index contributed by atoms with van der Waals surface area (Å²) in [6.07, 6.45) is 6.04. The number of nitrogens with zero attached hydrogens (tertiary/aromatic N) is 2. The highest BCUT2D eigenvalue weighted by Gasteiger charge is 2.65. The molecule has 3 rings (SSSR count). The number of aryl methyl sites for hydroxylation is 1. The first-order valence-corrected chi connectivity index (χ1v) is 10.6. The SMILES string of the molecule is Cn1ccnc1C(=O)/C=C/c1ccc(NC(=O)c2ccc(S(F)(F)(F)(F)F)cc2)cc1. The molecule has 2 aromatic carbocycles. The van der Waals surface area contributed by atoms with Crippen molar-refractivity contribution in [2.45, 2.75) is 4.90 Å². The molecule has 1 N–H and O–H groups in total. The third kappa shape index (κ3) is 5.57. The zero-order valence-corrected chi connectivity index (χ0v) is 16.8. The zero-order valence-electron chi connectivity index (χ0n) is 15.9. The predicted octanol–water partition coefficient (Wildman–Crippen LogP) is 6.23. The molecule has 3 aromatic rings. The molecule has 164 valence electrons. The highest BCUT2D eigenvalue weighted by Crippen LogP contribution is 3.02. The van der Waals surface area contributed by atoms with Crippen LogP contribution < -0.4 is 5.32 Å². The zero-order chi connectivity index (χ0) is 22.9. The van der Waals surface area contributed by atoms with E-state index in [9.17, 15) is 29.0 Å². The van der Waals surface area contributed by atoms with Crippen LogP contribution in [0, 0.1) is 0 Å². The van der Waals surface area contributed by atoms with Gasteiger partial charge in [-0.05, 0) is 48.0 Å². The van der Waals surface area contributed by atoms with Crippen molar-refractivity contribution in [2.24, 2.45) is 7.05 Å². The van der Waals surface area contributed by atoms with E-state index in [2.05, 4.69) is 10.3 Å². The Kier molecular flexibility index (Phi) is 5.05. The smallest absolute Gasteiger partial charge is 0.310 e. The number of halogens is 5. The molecular weight excluding hydrogens is 441 g/mol. The van der Waals surface area contributed by atoms with Gasteiger partial charge in [-0.1, -0.05) is 37.6 Å². The minimum absolute atomic E-state index is 0.183. The second-order valence-electron chi connectivity index (χ2n) is 6.63. The maximum atomic E-state index is 12.7. The van der Waals surface area contributed by atoms with Gasteiger partial charge in [0.25, 0.3) is 5.91 Å². The Morgan fingerprint density at radius 2 is 1.58 bits per heavy atom. The van der Waals surface area contributed by atoms with Crippen LogP contribution >= 0.6 is 10.2 Å². The first-order valence-electron chi connectivity index (χ1n) is 8.68. The first-order chi connectivity index (χ1) is 14.2. The molecule has 0 aliphatic rings. The van der Waals surface area contributed by atoms with Gasteiger partial charge in [-0.3, -0.25) is 9.59 Å². The number of carbonyl (C=O) groups is 2. The summed E-state index contributed by atoms with van der Waals surface area (Å²) < 4.78 is 65.3. The van der Waals surface area contributed by atoms with E-state index in [1.54, 1.807) is 36.0 Å². The third-order valence-electron chi connectivity index (χ3n) is 4.20. The Bertz CT molecular complexity index is 1170. The molecule has 0 fully saturated rings. The third-order valence-corrected chi connectivity index (χ3v) is 5.36. The van der Waals surface area contributed by atoms with Gasteiger partial charge in [0, 0.05) is 30.7 Å². The largest absolute Gasteiger partial charge is 0.331 e. The monoisotopic (exact) mass is 457 g/mol. The van der Waals surface area contributed by atoms with Crippen molar-refractivity contribution in [1.82, 2.24) is 9.55 Å². The second-order valence-corrected chi connectivity index (χ2v) is 9.04. The Morgan fingerprint density at radius 1 is 0.968 bits per heavy atom. The summed E-state index contributed by atoms with van der Waals surface area (Å²) in [4.78, 5) is 26.1. The Balaban J connectivity index is 1.66.